The molecule has 0 fully saturated rings. The third kappa shape index (κ3) is 3.48. The van der Waals surface area contributed by atoms with Crippen molar-refractivity contribution in [3.63, 3.8) is 0 Å². The highest BCUT2D eigenvalue weighted by molar-refractivity contribution is 7.17. The van der Waals surface area contributed by atoms with Gasteiger partial charge in [0.15, 0.2) is 11.6 Å². The first-order valence-corrected chi connectivity index (χ1v) is 12.1. The van der Waals surface area contributed by atoms with E-state index in [0.29, 0.717) is 40.4 Å². The monoisotopic (exact) mass is 477 g/mol. The molecule has 1 aliphatic carbocycles. The minimum Gasteiger partial charge on any atom is -0.494 e. The number of ketones is 2. The molecule has 7 heteroatoms. The van der Waals surface area contributed by atoms with Gasteiger partial charge in [-0.05, 0) is 30.7 Å². The molecule has 0 bridgehead atoms. The molecule has 1 N–H and O–H groups in total. The smallest absolute Gasteiger partial charge is 0.196 e. The first-order valence-electron chi connectivity index (χ1n) is 11.2. The molecule has 5 aromatic rings. The van der Waals surface area contributed by atoms with Gasteiger partial charge in [-0.25, -0.2) is 9.97 Å². The summed E-state index contributed by atoms with van der Waals surface area (Å²) in [5, 5.41) is 6.25. The van der Waals surface area contributed by atoms with E-state index in [1.165, 1.54) is 17.7 Å². The molecular formula is C28H19N3O3S. The Labute approximate surface area is 205 Å². The predicted molar refractivity (Wildman–Crippen MR) is 137 cm³/mol. The number of benzene rings is 3. The maximum atomic E-state index is 13.4. The Morgan fingerprint density at radius 2 is 1.57 bits per heavy atom. The number of anilines is 2. The highest BCUT2D eigenvalue weighted by Crippen LogP contribution is 2.39. The van der Waals surface area contributed by atoms with Gasteiger partial charge in [0.05, 0.1) is 23.2 Å². The summed E-state index contributed by atoms with van der Waals surface area (Å²) in [6.07, 6.45) is 1.50. The molecule has 1 aliphatic rings. The number of thiophene rings is 1. The van der Waals surface area contributed by atoms with Crippen molar-refractivity contribution in [2.75, 3.05) is 11.9 Å². The van der Waals surface area contributed by atoms with Crippen molar-refractivity contribution in [2.45, 2.75) is 6.92 Å². The number of nitrogens with zero attached hydrogens (tertiary/aromatic N) is 2. The van der Waals surface area contributed by atoms with Crippen LogP contribution in [0.15, 0.2) is 78.4 Å². The number of aromatic nitrogens is 2. The van der Waals surface area contributed by atoms with E-state index >= 15 is 0 Å². The fraction of sp³-hybridized carbons (Fsp3) is 0.0714. The number of rotatable bonds is 5. The van der Waals surface area contributed by atoms with E-state index in [1.807, 2.05) is 36.6 Å². The number of fused-ring (bicyclic) bond motifs is 3. The van der Waals surface area contributed by atoms with E-state index < -0.39 is 0 Å². The molecule has 35 heavy (non-hydrogen) atoms. The van der Waals surface area contributed by atoms with Crippen LogP contribution in [-0.2, 0) is 0 Å². The first kappa shape index (κ1) is 21.2. The number of hydrogen-bond acceptors (Lipinski definition) is 7. The second-order valence-electron chi connectivity index (χ2n) is 8.07. The van der Waals surface area contributed by atoms with Crippen molar-refractivity contribution >= 4 is 44.6 Å². The molecule has 2 aromatic heterocycles. The molecule has 0 amide bonds. The molecule has 0 saturated carbocycles. The van der Waals surface area contributed by atoms with Gasteiger partial charge >= 0.3 is 0 Å². The fourth-order valence-corrected chi connectivity index (χ4v) is 5.37. The van der Waals surface area contributed by atoms with Gasteiger partial charge in [0, 0.05) is 27.6 Å². The van der Waals surface area contributed by atoms with Crippen molar-refractivity contribution in [1.82, 2.24) is 9.97 Å². The number of carbonyl (C=O) groups excluding carboxylic acids is 2. The minimum absolute atomic E-state index is 0.155. The fourth-order valence-electron chi connectivity index (χ4n) is 4.46. The van der Waals surface area contributed by atoms with E-state index in [2.05, 4.69) is 15.3 Å². The molecule has 0 aliphatic heterocycles. The maximum absolute atomic E-state index is 13.4. The van der Waals surface area contributed by atoms with Gasteiger partial charge in [-0.3, -0.25) is 9.59 Å². The summed E-state index contributed by atoms with van der Waals surface area (Å²) in [5.74, 6) is 1.05. The van der Waals surface area contributed by atoms with Crippen molar-refractivity contribution in [1.29, 1.82) is 0 Å². The summed E-state index contributed by atoms with van der Waals surface area (Å²) in [6.45, 7) is 2.56. The molecule has 0 atom stereocenters. The molecule has 0 unspecified atom stereocenters. The van der Waals surface area contributed by atoms with E-state index in [0.717, 1.165) is 27.1 Å². The number of nitrogens with one attached hydrogen (secondary N) is 1. The number of hydrogen-bond donors (Lipinski definition) is 1. The van der Waals surface area contributed by atoms with Crippen LogP contribution in [0.25, 0.3) is 21.3 Å². The van der Waals surface area contributed by atoms with Gasteiger partial charge < -0.3 is 10.1 Å². The third-order valence-electron chi connectivity index (χ3n) is 6.05. The lowest BCUT2D eigenvalue weighted by Crippen LogP contribution is -2.22. The molecule has 2 heterocycles. The van der Waals surface area contributed by atoms with E-state index in [1.54, 1.807) is 42.5 Å². The zero-order valence-corrected chi connectivity index (χ0v) is 19.6. The second kappa shape index (κ2) is 8.45. The zero-order chi connectivity index (χ0) is 23.9. The Kier molecular flexibility index (Phi) is 5.12. The van der Waals surface area contributed by atoms with Crippen LogP contribution in [0.5, 0.6) is 5.75 Å². The summed E-state index contributed by atoms with van der Waals surface area (Å²) < 4.78 is 5.57. The molecular weight excluding hydrogens is 458 g/mol. The molecule has 6 rings (SSSR count). The number of ether oxygens (including phenoxy) is 1. The lowest BCUT2D eigenvalue weighted by atomic mass is 9.83. The van der Waals surface area contributed by atoms with Gasteiger partial charge in [-0.1, -0.05) is 48.5 Å². The molecule has 0 radical (unpaired) electrons. The average molecular weight is 478 g/mol. The molecule has 3 aromatic carbocycles. The second-order valence-corrected chi connectivity index (χ2v) is 8.92. The highest BCUT2D eigenvalue weighted by Gasteiger charge is 2.31. The summed E-state index contributed by atoms with van der Waals surface area (Å²) in [6, 6.07) is 20.1. The Balaban J connectivity index is 1.45. The standard InChI is InChI=1S/C28H19N3O3S/c1-2-34-17-12-10-16(11-13-17)21-14-35-28-24(21)27(29-15-30-28)31-22-9-5-8-20-23(22)26(33)19-7-4-3-6-18(19)25(20)32/h3-15H,2H2,1H3,(H,29,30,31). The maximum Gasteiger partial charge on any atom is 0.196 e. The van der Waals surface area contributed by atoms with Gasteiger partial charge in [0.25, 0.3) is 0 Å². The quantitative estimate of drug-likeness (QED) is 0.315. The van der Waals surface area contributed by atoms with Crippen molar-refractivity contribution in [2.24, 2.45) is 0 Å². The number of carbonyl (C=O) groups is 2. The van der Waals surface area contributed by atoms with Crippen LogP contribution < -0.4 is 10.1 Å². The summed E-state index contributed by atoms with van der Waals surface area (Å²) in [7, 11) is 0. The van der Waals surface area contributed by atoms with Gasteiger partial charge in [0.2, 0.25) is 0 Å². The SMILES string of the molecule is CCOc1ccc(-c2csc3ncnc(Nc4cccc5c4C(=O)c4ccccc4C5=O)c23)cc1. The van der Waals surface area contributed by atoms with Gasteiger partial charge in [-0.15, -0.1) is 11.3 Å². The Morgan fingerprint density at radius 1 is 0.829 bits per heavy atom. The van der Waals surface area contributed by atoms with Crippen LogP contribution >= 0.6 is 11.3 Å². The van der Waals surface area contributed by atoms with Crippen molar-refractivity contribution < 1.29 is 14.3 Å². The topological polar surface area (TPSA) is 81.2 Å². The van der Waals surface area contributed by atoms with Gasteiger partial charge in [-0.2, -0.15) is 0 Å². The van der Waals surface area contributed by atoms with Crippen molar-refractivity contribution in [3.05, 3.63) is 101 Å². The summed E-state index contributed by atoms with van der Waals surface area (Å²) >= 11 is 1.52. The lowest BCUT2D eigenvalue weighted by Gasteiger charge is -2.20. The van der Waals surface area contributed by atoms with Crippen LogP contribution in [-0.4, -0.2) is 28.1 Å². The third-order valence-corrected chi connectivity index (χ3v) is 6.94. The molecule has 0 spiro atoms. The normalized spacial score (nSPS) is 12.4. The first-order chi connectivity index (χ1) is 17.2. The van der Waals surface area contributed by atoms with Gasteiger partial charge in [0.1, 0.15) is 22.7 Å². The molecule has 6 nitrogen and oxygen atoms in total. The minimum atomic E-state index is -0.180. The Bertz CT molecular complexity index is 1620. The predicted octanol–water partition coefficient (Wildman–Crippen LogP) is 6.28. The lowest BCUT2D eigenvalue weighted by molar-refractivity contribution is 0.0979. The largest absolute Gasteiger partial charge is 0.494 e. The average Bonchev–Trinajstić information content (AvgIpc) is 3.33. The molecule has 170 valence electrons. The van der Waals surface area contributed by atoms with Crippen LogP contribution in [0.3, 0.4) is 0 Å². The van der Waals surface area contributed by atoms with E-state index in [-0.39, 0.29) is 11.6 Å². The van der Waals surface area contributed by atoms with Crippen LogP contribution in [0.4, 0.5) is 11.5 Å². The van der Waals surface area contributed by atoms with Crippen LogP contribution in [0, 0.1) is 0 Å². The molecule has 0 saturated heterocycles. The Hall–Kier alpha value is -4.36. The Morgan fingerprint density at radius 3 is 2.34 bits per heavy atom. The van der Waals surface area contributed by atoms with E-state index in [9.17, 15) is 9.59 Å². The van der Waals surface area contributed by atoms with Crippen LogP contribution in [0.2, 0.25) is 0 Å². The zero-order valence-electron chi connectivity index (χ0n) is 18.7. The van der Waals surface area contributed by atoms with Crippen LogP contribution in [0.1, 0.15) is 38.8 Å². The summed E-state index contributed by atoms with van der Waals surface area (Å²) in [4.78, 5) is 36.3. The van der Waals surface area contributed by atoms with Crippen molar-refractivity contribution in [3.8, 4) is 16.9 Å². The highest BCUT2D eigenvalue weighted by atomic mass is 32.1. The van der Waals surface area contributed by atoms with E-state index in [4.69, 9.17) is 4.74 Å². The summed E-state index contributed by atoms with van der Waals surface area (Å²) in [5.41, 5.74) is 4.13.